The van der Waals surface area contributed by atoms with Gasteiger partial charge in [-0.05, 0) is 42.3 Å². The number of rotatable bonds is 2. The maximum Gasteiger partial charge on any atom is 0.115 e. The maximum atomic E-state index is 5.88. The van der Waals surface area contributed by atoms with Gasteiger partial charge in [0.15, 0.2) is 0 Å². The molecule has 2 N–H and O–H groups in total. The van der Waals surface area contributed by atoms with Gasteiger partial charge in [0.1, 0.15) is 12.0 Å². The van der Waals surface area contributed by atoms with E-state index in [1.807, 2.05) is 42.3 Å². The first-order valence-corrected chi connectivity index (χ1v) is 7.72. The lowest BCUT2D eigenvalue weighted by Crippen LogP contribution is -1.92. The van der Waals surface area contributed by atoms with Gasteiger partial charge in [-0.25, -0.2) is 9.97 Å². The van der Waals surface area contributed by atoms with Crippen molar-refractivity contribution in [2.45, 2.75) is 6.92 Å². The van der Waals surface area contributed by atoms with Crippen molar-refractivity contribution in [3.8, 4) is 22.4 Å². The fourth-order valence-electron chi connectivity index (χ4n) is 3.04. The van der Waals surface area contributed by atoms with Gasteiger partial charge in [0.2, 0.25) is 0 Å². The minimum absolute atomic E-state index is 0.763. The fraction of sp³-hybridized carbons (Fsp3) is 0.105. The lowest BCUT2D eigenvalue weighted by Gasteiger charge is -2.05. The molecular formula is C19H17N5. The highest BCUT2D eigenvalue weighted by Crippen LogP contribution is 2.33. The third-order valence-corrected chi connectivity index (χ3v) is 4.25. The van der Waals surface area contributed by atoms with Gasteiger partial charge in [0, 0.05) is 41.6 Å². The highest BCUT2D eigenvalue weighted by molar-refractivity contribution is 5.96. The van der Waals surface area contributed by atoms with Crippen molar-refractivity contribution in [1.82, 2.24) is 19.7 Å². The summed E-state index contributed by atoms with van der Waals surface area (Å²) in [5.41, 5.74) is 13.0. The van der Waals surface area contributed by atoms with E-state index in [1.165, 1.54) is 6.33 Å². The summed E-state index contributed by atoms with van der Waals surface area (Å²) in [6.45, 7) is 2.06. The predicted molar refractivity (Wildman–Crippen MR) is 96.3 cm³/mol. The van der Waals surface area contributed by atoms with E-state index < -0.39 is 0 Å². The van der Waals surface area contributed by atoms with Crippen molar-refractivity contribution < 1.29 is 0 Å². The molecule has 0 saturated carbocycles. The van der Waals surface area contributed by atoms with Crippen LogP contribution in [0.1, 0.15) is 5.56 Å². The number of anilines is 1. The monoisotopic (exact) mass is 315 g/mol. The Labute approximate surface area is 139 Å². The van der Waals surface area contributed by atoms with E-state index >= 15 is 0 Å². The molecule has 5 nitrogen and oxygen atoms in total. The number of benzene rings is 2. The van der Waals surface area contributed by atoms with Gasteiger partial charge in [-0.2, -0.15) is 5.10 Å². The Hall–Kier alpha value is -3.21. The number of hydrogen-bond donors (Lipinski definition) is 1. The molecule has 0 spiro atoms. The molecule has 4 rings (SSSR count). The highest BCUT2D eigenvalue weighted by Gasteiger charge is 2.14. The molecule has 0 unspecified atom stereocenters. The summed E-state index contributed by atoms with van der Waals surface area (Å²) in [4.78, 5) is 8.21. The van der Waals surface area contributed by atoms with Gasteiger partial charge in [0.25, 0.3) is 0 Å². The van der Waals surface area contributed by atoms with Crippen LogP contribution in [0.25, 0.3) is 33.3 Å². The molecule has 0 radical (unpaired) electrons. The summed E-state index contributed by atoms with van der Waals surface area (Å²) < 4.78 is 1.91. The van der Waals surface area contributed by atoms with Gasteiger partial charge in [0.05, 0.1) is 5.52 Å². The molecule has 0 saturated heterocycles. The molecule has 0 atom stereocenters. The van der Waals surface area contributed by atoms with E-state index in [9.17, 15) is 0 Å². The molecule has 2 aromatic carbocycles. The molecule has 118 valence electrons. The highest BCUT2D eigenvalue weighted by atomic mass is 15.3. The number of aryl methyl sites for hydroxylation is 2. The second-order valence-electron chi connectivity index (χ2n) is 5.91. The van der Waals surface area contributed by atoms with E-state index in [2.05, 4.69) is 35.1 Å². The van der Waals surface area contributed by atoms with E-state index in [4.69, 9.17) is 10.8 Å². The van der Waals surface area contributed by atoms with E-state index in [0.717, 1.165) is 44.5 Å². The SMILES string of the molecule is Cc1cc(N)ccc1-c1nn(C)c2ccc(-c3cncnc3)cc12. The van der Waals surface area contributed by atoms with E-state index in [0.29, 0.717) is 0 Å². The van der Waals surface area contributed by atoms with Crippen LogP contribution < -0.4 is 5.73 Å². The maximum absolute atomic E-state index is 5.88. The van der Waals surface area contributed by atoms with Gasteiger partial charge in [-0.1, -0.05) is 12.1 Å². The summed E-state index contributed by atoms with van der Waals surface area (Å²) >= 11 is 0. The van der Waals surface area contributed by atoms with Gasteiger partial charge in [-0.3, -0.25) is 4.68 Å². The molecule has 5 heteroatoms. The average Bonchev–Trinajstić information content (AvgIpc) is 2.92. The predicted octanol–water partition coefficient (Wildman–Crippen LogP) is 3.59. The summed E-state index contributed by atoms with van der Waals surface area (Å²) in [6, 6.07) is 12.2. The van der Waals surface area contributed by atoms with Crippen molar-refractivity contribution in [3.05, 3.63) is 60.7 Å². The first-order valence-electron chi connectivity index (χ1n) is 7.72. The first-order chi connectivity index (χ1) is 11.6. The smallest absolute Gasteiger partial charge is 0.115 e. The second kappa shape index (κ2) is 5.45. The van der Waals surface area contributed by atoms with Crippen LogP contribution in [0.5, 0.6) is 0 Å². The van der Waals surface area contributed by atoms with E-state index in [1.54, 1.807) is 0 Å². The van der Waals surface area contributed by atoms with Gasteiger partial charge >= 0.3 is 0 Å². The lowest BCUT2D eigenvalue weighted by molar-refractivity contribution is 0.800. The second-order valence-corrected chi connectivity index (χ2v) is 5.91. The van der Waals surface area contributed by atoms with Crippen LogP contribution in [0, 0.1) is 6.92 Å². The lowest BCUT2D eigenvalue weighted by atomic mass is 10.00. The van der Waals surface area contributed by atoms with Crippen molar-refractivity contribution in [1.29, 1.82) is 0 Å². The Morgan fingerprint density at radius 1 is 0.958 bits per heavy atom. The van der Waals surface area contributed by atoms with Crippen molar-refractivity contribution in [2.75, 3.05) is 5.73 Å². The fourth-order valence-corrected chi connectivity index (χ4v) is 3.04. The molecular weight excluding hydrogens is 298 g/mol. The summed E-state index contributed by atoms with van der Waals surface area (Å²) in [5, 5.41) is 5.83. The van der Waals surface area contributed by atoms with Crippen LogP contribution in [0.3, 0.4) is 0 Å². The quantitative estimate of drug-likeness (QED) is 0.574. The Balaban J connectivity index is 1.96. The summed E-state index contributed by atoms with van der Waals surface area (Å²) in [7, 11) is 1.96. The molecule has 0 fully saturated rings. The normalized spacial score (nSPS) is 11.1. The molecule has 0 amide bonds. The Morgan fingerprint density at radius 2 is 1.75 bits per heavy atom. The molecule has 0 bridgehead atoms. The van der Waals surface area contributed by atoms with Crippen LogP contribution in [-0.2, 0) is 7.05 Å². The van der Waals surface area contributed by atoms with Crippen molar-refractivity contribution in [2.24, 2.45) is 7.05 Å². The number of hydrogen-bond acceptors (Lipinski definition) is 4. The zero-order chi connectivity index (χ0) is 16.7. The van der Waals surface area contributed by atoms with Crippen LogP contribution in [0.15, 0.2) is 55.1 Å². The molecule has 0 aliphatic heterocycles. The third kappa shape index (κ3) is 2.31. The number of nitrogens with two attached hydrogens (primary N) is 1. The van der Waals surface area contributed by atoms with Gasteiger partial charge < -0.3 is 5.73 Å². The van der Waals surface area contributed by atoms with Crippen molar-refractivity contribution in [3.63, 3.8) is 0 Å². The largest absolute Gasteiger partial charge is 0.399 e. The molecule has 2 aromatic heterocycles. The van der Waals surface area contributed by atoms with Crippen LogP contribution in [0.2, 0.25) is 0 Å². The van der Waals surface area contributed by atoms with Crippen LogP contribution in [-0.4, -0.2) is 19.7 Å². The molecule has 0 aliphatic rings. The zero-order valence-corrected chi connectivity index (χ0v) is 13.6. The number of nitrogens with zero attached hydrogens (tertiary/aromatic N) is 4. The van der Waals surface area contributed by atoms with Gasteiger partial charge in [-0.15, -0.1) is 0 Å². The Kier molecular flexibility index (Phi) is 3.27. The third-order valence-electron chi connectivity index (χ3n) is 4.25. The Morgan fingerprint density at radius 3 is 2.50 bits per heavy atom. The van der Waals surface area contributed by atoms with Crippen LogP contribution >= 0.6 is 0 Å². The molecule has 24 heavy (non-hydrogen) atoms. The van der Waals surface area contributed by atoms with Crippen molar-refractivity contribution >= 4 is 16.6 Å². The first kappa shape index (κ1) is 14.4. The molecule has 0 aliphatic carbocycles. The standard InChI is InChI=1S/C19H17N5/c1-12-7-15(20)4-5-16(12)19-17-8-13(14-9-21-11-22-10-14)3-6-18(17)24(2)23-19/h3-11H,20H2,1-2H3. The number of fused-ring (bicyclic) bond motifs is 1. The van der Waals surface area contributed by atoms with Crippen LogP contribution in [0.4, 0.5) is 5.69 Å². The topological polar surface area (TPSA) is 69.6 Å². The number of aromatic nitrogens is 4. The zero-order valence-electron chi connectivity index (χ0n) is 13.6. The number of nitrogen functional groups attached to an aromatic ring is 1. The molecule has 4 aromatic rings. The summed E-state index contributed by atoms with van der Waals surface area (Å²) in [6.07, 6.45) is 5.17. The minimum atomic E-state index is 0.763. The minimum Gasteiger partial charge on any atom is -0.399 e. The Bertz CT molecular complexity index is 1030. The average molecular weight is 315 g/mol. The molecule has 2 heterocycles. The van der Waals surface area contributed by atoms with E-state index in [-0.39, 0.29) is 0 Å². The summed E-state index contributed by atoms with van der Waals surface area (Å²) in [5.74, 6) is 0.